The molecule has 4 nitrogen and oxygen atoms in total. The zero-order chi connectivity index (χ0) is 16.5. The number of carbonyl (C=O) groups excluding carboxylic acids is 1. The number of hydrogen-bond acceptors (Lipinski definition) is 3. The average molecular weight is 401 g/mol. The molecule has 23 heavy (non-hydrogen) atoms. The summed E-state index contributed by atoms with van der Waals surface area (Å²) >= 11 is 17.9. The lowest BCUT2D eigenvalue weighted by Gasteiger charge is -2.42. The first-order chi connectivity index (χ1) is 10.2. The van der Waals surface area contributed by atoms with Gasteiger partial charge in [-0.25, -0.2) is 0 Å². The first-order valence-electron chi connectivity index (χ1n) is 7.11. The molecule has 0 saturated carbocycles. The van der Waals surface area contributed by atoms with Gasteiger partial charge >= 0.3 is 0 Å². The molecular weight excluding hydrogens is 380 g/mol. The van der Waals surface area contributed by atoms with Crippen molar-refractivity contribution in [2.45, 2.75) is 26.3 Å². The normalized spacial score (nSPS) is 20.7. The first-order valence-corrected chi connectivity index (χ1v) is 8.25. The summed E-state index contributed by atoms with van der Waals surface area (Å²) in [4.78, 5) is 14.3. The van der Waals surface area contributed by atoms with Gasteiger partial charge in [-0.2, -0.15) is 0 Å². The molecule has 1 fully saturated rings. The van der Waals surface area contributed by atoms with Gasteiger partial charge in [0.1, 0.15) is 0 Å². The van der Waals surface area contributed by atoms with Crippen LogP contribution in [0.1, 0.15) is 20.3 Å². The minimum atomic E-state index is -0.133. The Morgan fingerprint density at radius 2 is 1.91 bits per heavy atom. The minimum absolute atomic E-state index is 0. The number of likely N-dealkylation sites (tertiary alicyclic amines) is 1. The summed E-state index contributed by atoms with van der Waals surface area (Å²) in [5.41, 5.74) is 6.57. The number of benzene rings is 1. The molecule has 0 aliphatic carbocycles. The summed E-state index contributed by atoms with van der Waals surface area (Å²) in [6, 6.07) is 3.24. The molecule has 2 rings (SSSR count). The highest BCUT2D eigenvalue weighted by Crippen LogP contribution is 2.32. The summed E-state index contributed by atoms with van der Waals surface area (Å²) in [6.45, 7) is 6.14. The van der Waals surface area contributed by atoms with Crippen molar-refractivity contribution in [2.75, 3.05) is 25.0 Å². The van der Waals surface area contributed by atoms with E-state index in [0.717, 1.165) is 19.5 Å². The molecule has 1 heterocycles. The van der Waals surface area contributed by atoms with Crippen molar-refractivity contribution in [3.8, 4) is 0 Å². The van der Waals surface area contributed by atoms with Crippen LogP contribution >= 0.6 is 47.2 Å². The molecule has 1 aliphatic rings. The zero-order valence-corrected chi connectivity index (χ0v) is 16.1. The topological polar surface area (TPSA) is 58.4 Å². The van der Waals surface area contributed by atoms with Crippen molar-refractivity contribution in [1.82, 2.24) is 4.90 Å². The number of nitrogens with one attached hydrogen (secondary N) is 1. The van der Waals surface area contributed by atoms with E-state index in [9.17, 15) is 4.79 Å². The second kappa shape index (κ2) is 8.24. The Morgan fingerprint density at radius 3 is 2.52 bits per heavy atom. The molecule has 8 heteroatoms. The lowest BCUT2D eigenvalue weighted by Crippen LogP contribution is -2.53. The predicted molar refractivity (Wildman–Crippen MR) is 100 cm³/mol. The van der Waals surface area contributed by atoms with E-state index in [4.69, 9.17) is 40.5 Å². The zero-order valence-electron chi connectivity index (χ0n) is 13.0. The Bertz CT molecular complexity index is 580. The van der Waals surface area contributed by atoms with Crippen LogP contribution in [0.2, 0.25) is 15.1 Å². The van der Waals surface area contributed by atoms with Gasteiger partial charge < -0.3 is 11.1 Å². The number of nitrogens with zero attached hydrogens (tertiary/aromatic N) is 1. The predicted octanol–water partition coefficient (Wildman–Crippen LogP) is 4.07. The van der Waals surface area contributed by atoms with E-state index in [1.54, 1.807) is 6.07 Å². The van der Waals surface area contributed by atoms with Crippen LogP contribution in [0.5, 0.6) is 0 Å². The fourth-order valence-electron chi connectivity index (χ4n) is 2.63. The Morgan fingerprint density at radius 1 is 1.30 bits per heavy atom. The molecule has 0 radical (unpaired) electrons. The molecule has 0 bridgehead atoms. The summed E-state index contributed by atoms with van der Waals surface area (Å²) in [6.07, 6.45) is 0.883. The van der Waals surface area contributed by atoms with Gasteiger partial charge in [-0.1, -0.05) is 48.7 Å². The Kier molecular flexibility index (Phi) is 7.45. The third-order valence-corrected chi connectivity index (χ3v) is 5.08. The molecular formula is C15H21Cl4N3O. The maximum atomic E-state index is 12.2. The standard InChI is InChI=1S/C15H20Cl3N3O.ClH/c1-15(2)8-21(4-3-13(15)19)7-14(22)20-12-6-10(17)9(16)5-11(12)18;/h5-6,13H,3-4,7-8,19H2,1-2H3,(H,20,22);1H. The fourth-order valence-corrected chi connectivity index (χ4v) is 3.23. The largest absolute Gasteiger partial charge is 0.327 e. The van der Waals surface area contributed by atoms with Crippen molar-refractivity contribution >= 4 is 58.8 Å². The number of rotatable bonds is 3. The van der Waals surface area contributed by atoms with Gasteiger partial charge in [-0.05, 0) is 24.0 Å². The average Bonchev–Trinajstić information content (AvgIpc) is 2.40. The van der Waals surface area contributed by atoms with Crippen LogP contribution in [-0.2, 0) is 4.79 Å². The lowest BCUT2D eigenvalue weighted by molar-refractivity contribution is -0.118. The van der Waals surface area contributed by atoms with Gasteiger partial charge in [0, 0.05) is 19.1 Å². The highest BCUT2D eigenvalue weighted by molar-refractivity contribution is 6.44. The summed E-state index contributed by atoms with van der Waals surface area (Å²) < 4.78 is 0. The van der Waals surface area contributed by atoms with E-state index in [1.807, 2.05) is 0 Å². The number of anilines is 1. The van der Waals surface area contributed by atoms with Crippen molar-refractivity contribution in [3.63, 3.8) is 0 Å². The van der Waals surface area contributed by atoms with Crippen molar-refractivity contribution < 1.29 is 4.79 Å². The Hall–Kier alpha value is -0.230. The molecule has 1 amide bonds. The minimum Gasteiger partial charge on any atom is -0.327 e. The summed E-state index contributed by atoms with van der Waals surface area (Å²) in [5, 5.41) is 3.85. The summed E-state index contributed by atoms with van der Waals surface area (Å²) in [7, 11) is 0. The molecule has 1 aromatic carbocycles. The van der Waals surface area contributed by atoms with Crippen LogP contribution < -0.4 is 11.1 Å². The molecule has 1 aliphatic heterocycles. The molecule has 1 saturated heterocycles. The molecule has 1 unspecified atom stereocenters. The molecule has 0 spiro atoms. The maximum absolute atomic E-state index is 12.2. The van der Waals surface area contributed by atoms with Gasteiger partial charge in [0.15, 0.2) is 0 Å². The van der Waals surface area contributed by atoms with Crippen LogP contribution in [0.4, 0.5) is 5.69 Å². The van der Waals surface area contributed by atoms with Gasteiger partial charge in [-0.3, -0.25) is 9.69 Å². The second-order valence-electron chi connectivity index (χ2n) is 6.39. The van der Waals surface area contributed by atoms with E-state index < -0.39 is 0 Å². The number of hydrogen-bond donors (Lipinski definition) is 2. The van der Waals surface area contributed by atoms with E-state index >= 15 is 0 Å². The Labute approximate surface area is 158 Å². The maximum Gasteiger partial charge on any atom is 0.238 e. The fraction of sp³-hybridized carbons (Fsp3) is 0.533. The van der Waals surface area contributed by atoms with Crippen molar-refractivity contribution in [2.24, 2.45) is 11.1 Å². The highest BCUT2D eigenvalue weighted by atomic mass is 35.5. The number of carbonyl (C=O) groups is 1. The third-order valence-electron chi connectivity index (χ3n) is 4.04. The molecule has 130 valence electrons. The van der Waals surface area contributed by atoms with Crippen molar-refractivity contribution in [3.05, 3.63) is 27.2 Å². The lowest BCUT2D eigenvalue weighted by atomic mass is 9.80. The monoisotopic (exact) mass is 399 g/mol. The number of nitrogens with two attached hydrogens (primary N) is 1. The van der Waals surface area contributed by atoms with Crippen molar-refractivity contribution in [1.29, 1.82) is 0 Å². The van der Waals surface area contributed by atoms with E-state index in [2.05, 4.69) is 24.1 Å². The van der Waals surface area contributed by atoms with Crippen LogP contribution in [0.15, 0.2) is 12.1 Å². The van der Waals surface area contributed by atoms with Crippen LogP contribution in [-0.4, -0.2) is 36.5 Å². The SMILES string of the molecule is CC1(C)CN(CC(=O)Nc2cc(Cl)c(Cl)cc2Cl)CCC1N.Cl. The third kappa shape index (κ3) is 5.38. The molecule has 0 aromatic heterocycles. The number of piperidine rings is 1. The first kappa shape index (κ1) is 20.8. The molecule has 3 N–H and O–H groups in total. The van der Waals surface area contributed by atoms with E-state index in [-0.39, 0.29) is 29.8 Å². The summed E-state index contributed by atoms with van der Waals surface area (Å²) in [5.74, 6) is -0.133. The van der Waals surface area contributed by atoms with Crippen LogP contribution in [0.3, 0.4) is 0 Å². The van der Waals surface area contributed by atoms with Gasteiger partial charge in [0.05, 0.1) is 27.3 Å². The molecule has 1 aromatic rings. The highest BCUT2D eigenvalue weighted by Gasteiger charge is 2.33. The van der Waals surface area contributed by atoms with Gasteiger partial charge in [0.25, 0.3) is 0 Å². The molecule has 1 atom stereocenters. The van der Waals surface area contributed by atoms with E-state index in [1.165, 1.54) is 6.07 Å². The van der Waals surface area contributed by atoms with Gasteiger partial charge in [-0.15, -0.1) is 12.4 Å². The van der Waals surface area contributed by atoms with Crippen LogP contribution in [0, 0.1) is 5.41 Å². The van der Waals surface area contributed by atoms with E-state index in [0.29, 0.717) is 27.3 Å². The number of amides is 1. The smallest absolute Gasteiger partial charge is 0.238 e. The quantitative estimate of drug-likeness (QED) is 0.752. The number of halogens is 4. The second-order valence-corrected chi connectivity index (χ2v) is 7.61. The van der Waals surface area contributed by atoms with Crippen LogP contribution in [0.25, 0.3) is 0 Å². The Balaban J connectivity index is 0.00000264. The van der Waals surface area contributed by atoms with Gasteiger partial charge in [0.2, 0.25) is 5.91 Å².